The van der Waals surface area contributed by atoms with E-state index in [0.29, 0.717) is 17.1 Å². The topological polar surface area (TPSA) is 114 Å². The molecule has 2 aliphatic heterocycles. The number of hydrogen-bond donors (Lipinski definition) is 2. The van der Waals surface area contributed by atoms with Crippen molar-refractivity contribution in [1.82, 2.24) is 10.2 Å². The smallest absolute Gasteiger partial charge is 0.325 e. The predicted molar refractivity (Wildman–Crippen MR) is 123 cm³/mol. The Morgan fingerprint density at radius 1 is 1.03 bits per heavy atom. The van der Waals surface area contributed by atoms with Crippen molar-refractivity contribution in [2.45, 2.75) is 19.4 Å². The number of amides is 4. The molecule has 0 radical (unpaired) electrons. The SMILES string of the molecule is CC(=O)c1cc2c(cc1NC(=O)CN1C(=O)N[C@](C)(c3ccc4ccccc4c3)C1=O)OCO2. The van der Waals surface area contributed by atoms with Gasteiger partial charge in [0.15, 0.2) is 17.3 Å². The lowest BCUT2D eigenvalue weighted by Crippen LogP contribution is -2.42. The lowest BCUT2D eigenvalue weighted by Gasteiger charge is -2.22. The number of benzene rings is 3. The van der Waals surface area contributed by atoms with Crippen LogP contribution in [0.3, 0.4) is 0 Å². The van der Waals surface area contributed by atoms with Gasteiger partial charge in [0.1, 0.15) is 12.1 Å². The number of carbonyl (C=O) groups is 4. The number of ether oxygens (including phenoxy) is 2. The normalized spacial score (nSPS) is 18.8. The number of nitrogens with one attached hydrogen (secondary N) is 2. The van der Waals surface area contributed by atoms with Gasteiger partial charge < -0.3 is 20.1 Å². The first kappa shape index (κ1) is 21.4. The zero-order valence-corrected chi connectivity index (χ0v) is 18.5. The quantitative estimate of drug-likeness (QED) is 0.448. The first-order chi connectivity index (χ1) is 16.3. The van der Waals surface area contributed by atoms with Crippen LogP contribution in [0.1, 0.15) is 29.8 Å². The van der Waals surface area contributed by atoms with Gasteiger partial charge in [0.25, 0.3) is 5.91 Å². The largest absolute Gasteiger partial charge is 0.454 e. The number of carbonyl (C=O) groups excluding carboxylic acids is 4. The summed E-state index contributed by atoms with van der Waals surface area (Å²) in [7, 11) is 0. The summed E-state index contributed by atoms with van der Waals surface area (Å²) < 4.78 is 10.6. The zero-order valence-electron chi connectivity index (χ0n) is 18.5. The number of nitrogens with zero attached hydrogens (tertiary/aromatic N) is 1. The Kier molecular flexibility index (Phi) is 4.97. The second kappa shape index (κ2) is 7.87. The minimum Gasteiger partial charge on any atom is -0.454 e. The van der Waals surface area contributed by atoms with Crippen LogP contribution in [0.2, 0.25) is 0 Å². The van der Waals surface area contributed by atoms with E-state index in [4.69, 9.17) is 9.47 Å². The third kappa shape index (κ3) is 3.51. The summed E-state index contributed by atoms with van der Waals surface area (Å²) in [6, 6.07) is 15.5. The number of hydrogen-bond acceptors (Lipinski definition) is 6. The molecule has 4 amide bonds. The summed E-state index contributed by atoms with van der Waals surface area (Å²) in [6.45, 7) is 2.47. The molecule has 0 aromatic heterocycles. The summed E-state index contributed by atoms with van der Waals surface area (Å²) >= 11 is 0. The molecule has 34 heavy (non-hydrogen) atoms. The molecule has 1 saturated heterocycles. The molecule has 0 saturated carbocycles. The molecule has 0 bridgehead atoms. The Morgan fingerprint density at radius 2 is 1.74 bits per heavy atom. The van der Waals surface area contributed by atoms with E-state index in [1.807, 2.05) is 36.4 Å². The molecular formula is C25H21N3O6. The molecule has 0 unspecified atom stereocenters. The molecule has 3 aromatic carbocycles. The van der Waals surface area contributed by atoms with Gasteiger partial charge >= 0.3 is 6.03 Å². The van der Waals surface area contributed by atoms with Gasteiger partial charge in [-0.2, -0.15) is 0 Å². The van der Waals surface area contributed by atoms with Gasteiger partial charge in [-0.15, -0.1) is 0 Å². The van der Waals surface area contributed by atoms with Crippen LogP contribution in [0.4, 0.5) is 10.5 Å². The van der Waals surface area contributed by atoms with Crippen molar-refractivity contribution in [3.8, 4) is 11.5 Å². The number of urea groups is 1. The van der Waals surface area contributed by atoms with E-state index in [1.54, 1.807) is 13.0 Å². The Morgan fingerprint density at radius 3 is 2.47 bits per heavy atom. The van der Waals surface area contributed by atoms with E-state index in [9.17, 15) is 19.2 Å². The Labute approximate surface area is 194 Å². The van der Waals surface area contributed by atoms with Crippen LogP contribution in [0, 0.1) is 0 Å². The summed E-state index contributed by atoms with van der Waals surface area (Å²) in [4.78, 5) is 51.6. The molecular weight excluding hydrogens is 438 g/mol. The van der Waals surface area contributed by atoms with E-state index in [-0.39, 0.29) is 23.8 Å². The van der Waals surface area contributed by atoms with Gasteiger partial charge in [0, 0.05) is 11.6 Å². The minimum absolute atomic E-state index is 0.0138. The second-order valence-corrected chi connectivity index (χ2v) is 8.36. The van der Waals surface area contributed by atoms with E-state index in [0.717, 1.165) is 15.7 Å². The standard InChI is InChI=1S/C25H21N3O6/c1-14(29)18-10-20-21(34-13-33-20)11-19(18)26-22(30)12-28-23(31)25(2,27-24(28)32)17-8-7-15-5-3-4-6-16(15)9-17/h3-11H,12-13H2,1-2H3,(H,26,30)(H,27,32)/t25-/m1/s1. The maximum Gasteiger partial charge on any atom is 0.325 e. The molecule has 1 fully saturated rings. The summed E-state index contributed by atoms with van der Waals surface area (Å²) in [5.41, 5.74) is -0.256. The average molecular weight is 459 g/mol. The molecule has 172 valence electrons. The van der Waals surface area contributed by atoms with E-state index in [2.05, 4.69) is 10.6 Å². The minimum atomic E-state index is -1.31. The number of ketones is 1. The van der Waals surface area contributed by atoms with Gasteiger partial charge in [-0.05, 0) is 42.3 Å². The molecule has 2 aliphatic rings. The first-order valence-corrected chi connectivity index (χ1v) is 10.6. The first-order valence-electron chi connectivity index (χ1n) is 10.6. The highest BCUT2D eigenvalue weighted by atomic mass is 16.7. The number of anilines is 1. The molecule has 9 heteroatoms. The van der Waals surface area contributed by atoms with Gasteiger partial charge in [-0.3, -0.25) is 19.3 Å². The molecule has 5 rings (SSSR count). The molecule has 1 atom stereocenters. The van der Waals surface area contributed by atoms with Crippen LogP contribution < -0.4 is 20.1 Å². The van der Waals surface area contributed by atoms with Gasteiger partial charge in [0.05, 0.1) is 5.69 Å². The average Bonchev–Trinajstić information content (AvgIpc) is 3.36. The third-order valence-electron chi connectivity index (χ3n) is 6.07. The van der Waals surface area contributed by atoms with Crippen LogP contribution in [0.15, 0.2) is 54.6 Å². The number of imide groups is 1. The fourth-order valence-corrected chi connectivity index (χ4v) is 4.21. The number of fused-ring (bicyclic) bond motifs is 2. The van der Waals surface area contributed by atoms with E-state index >= 15 is 0 Å². The van der Waals surface area contributed by atoms with Gasteiger partial charge in [-0.1, -0.05) is 36.4 Å². The Hall–Kier alpha value is -4.40. The molecule has 9 nitrogen and oxygen atoms in total. The van der Waals surface area contributed by atoms with Crippen molar-refractivity contribution in [2.24, 2.45) is 0 Å². The van der Waals surface area contributed by atoms with Crippen molar-refractivity contribution in [1.29, 1.82) is 0 Å². The fourth-order valence-electron chi connectivity index (χ4n) is 4.21. The predicted octanol–water partition coefficient (Wildman–Crippen LogP) is 3.18. The highest BCUT2D eigenvalue weighted by molar-refractivity contribution is 6.11. The molecule has 2 N–H and O–H groups in total. The molecule has 0 spiro atoms. The van der Waals surface area contributed by atoms with Crippen LogP contribution in [-0.4, -0.2) is 41.9 Å². The third-order valence-corrected chi connectivity index (χ3v) is 6.07. The van der Waals surface area contributed by atoms with Crippen LogP contribution in [0.25, 0.3) is 10.8 Å². The highest BCUT2D eigenvalue weighted by Crippen LogP contribution is 2.37. The van der Waals surface area contributed by atoms with Crippen LogP contribution in [-0.2, 0) is 15.1 Å². The van der Waals surface area contributed by atoms with Crippen molar-refractivity contribution in [2.75, 3.05) is 18.7 Å². The van der Waals surface area contributed by atoms with Gasteiger partial charge in [-0.25, -0.2) is 4.79 Å². The number of Topliss-reactive ketones (excluding diaryl/α,β-unsaturated/α-hetero) is 1. The lowest BCUT2D eigenvalue weighted by atomic mass is 9.90. The van der Waals surface area contributed by atoms with E-state index < -0.39 is 29.9 Å². The van der Waals surface area contributed by atoms with Crippen molar-refractivity contribution in [3.63, 3.8) is 0 Å². The zero-order chi connectivity index (χ0) is 24.0. The number of rotatable bonds is 5. The summed E-state index contributed by atoms with van der Waals surface area (Å²) in [5, 5.41) is 7.26. The highest BCUT2D eigenvalue weighted by Gasteiger charge is 2.49. The summed E-state index contributed by atoms with van der Waals surface area (Å²) in [5.74, 6) is -0.664. The second-order valence-electron chi connectivity index (χ2n) is 8.36. The maximum absolute atomic E-state index is 13.3. The molecule has 0 aliphatic carbocycles. The van der Waals surface area contributed by atoms with E-state index in [1.165, 1.54) is 19.1 Å². The van der Waals surface area contributed by atoms with Crippen molar-refractivity contribution < 1.29 is 28.7 Å². The molecule has 3 aromatic rings. The Balaban J connectivity index is 1.37. The van der Waals surface area contributed by atoms with Crippen LogP contribution >= 0.6 is 0 Å². The maximum atomic E-state index is 13.3. The van der Waals surface area contributed by atoms with Crippen molar-refractivity contribution in [3.05, 3.63) is 65.7 Å². The fraction of sp³-hybridized carbons (Fsp3) is 0.200. The molecule has 2 heterocycles. The summed E-state index contributed by atoms with van der Waals surface area (Å²) in [6.07, 6.45) is 0. The van der Waals surface area contributed by atoms with Crippen LogP contribution in [0.5, 0.6) is 11.5 Å². The Bertz CT molecular complexity index is 1380. The lowest BCUT2D eigenvalue weighted by molar-refractivity contribution is -0.133. The van der Waals surface area contributed by atoms with Gasteiger partial charge in [0.2, 0.25) is 12.7 Å². The van der Waals surface area contributed by atoms with Crippen molar-refractivity contribution >= 4 is 40.1 Å². The monoisotopic (exact) mass is 459 g/mol.